The van der Waals surface area contributed by atoms with Gasteiger partial charge in [-0.3, -0.25) is 4.57 Å². The van der Waals surface area contributed by atoms with Gasteiger partial charge < -0.3 is 9.72 Å². The van der Waals surface area contributed by atoms with Crippen LogP contribution in [0.1, 0.15) is 12.5 Å². The smallest absolute Gasteiger partial charge is 0.182 e. The molecule has 3 rings (SSSR count). The second-order valence-corrected chi connectivity index (χ2v) is 6.14. The first-order chi connectivity index (χ1) is 10.1. The molecular weight excluding hydrogens is 348 g/mol. The number of nitrogens with zero attached hydrogens (tertiary/aromatic N) is 1. The third kappa shape index (κ3) is 2.63. The monoisotopic (exact) mass is 362 g/mol. The number of aromatic amines is 1. The summed E-state index contributed by atoms with van der Waals surface area (Å²) in [6.07, 6.45) is 0. The number of aromatic nitrogens is 2. The lowest BCUT2D eigenvalue weighted by molar-refractivity contribution is 0.343. The Labute approximate surface area is 136 Å². The van der Waals surface area contributed by atoms with Gasteiger partial charge in [0.2, 0.25) is 0 Å². The molecule has 0 saturated carbocycles. The van der Waals surface area contributed by atoms with E-state index in [4.69, 9.17) is 17.0 Å². The van der Waals surface area contributed by atoms with Gasteiger partial charge in [-0.1, -0.05) is 22.0 Å². The van der Waals surface area contributed by atoms with Gasteiger partial charge in [0.05, 0.1) is 12.1 Å². The molecule has 3 aromatic rings. The van der Waals surface area contributed by atoms with Gasteiger partial charge >= 0.3 is 0 Å². The van der Waals surface area contributed by atoms with Gasteiger partial charge in [0, 0.05) is 10.2 Å². The first-order valence-electron chi connectivity index (χ1n) is 6.74. The lowest BCUT2D eigenvalue weighted by atomic mass is 10.2. The molecule has 1 N–H and O–H groups in total. The standard InChI is InChI=1S/C16H15BrN2OS/c1-3-20-14-6-4-5-13-15(14)18-16(21)19(13)12-8-10(2)7-11(17)9-12/h4-9H,3H2,1-2H3,(H,18,21). The van der Waals surface area contributed by atoms with E-state index in [1.54, 1.807) is 0 Å². The molecule has 0 saturated heterocycles. The van der Waals surface area contributed by atoms with Crippen LogP contribution in [0.25, 0.3) is 16.7 Å². The molecule has 21 heavy (non-hydrogen) atoms. The number of nitrogens with one attached hydrogen (secondary N) is 1. The molecule has 0 spiro atoms. The van der Waals surface area contributed by atoms with E-state index in [-0.39, 0.29) is 0 Å². The second-order valence-electron chi connectivity index (χ2n) is 4.84. The van der Waals surface area contributed by atoms with Crippen LogP contribution >= 0.6 is 28.1 Å². The maximum absolute atomic E-state index is 5.67. The number of imidazole rings is 1. The first-order valence-corrected chi connectivity index (χ1v) is 7.94. The van der Waals surface area contributed by atoms with Crippen molar-refractivity contribution in [2.75, 3.05) is 6.61 Å². The van der Waals surface area contributed by atoms with E-state index < -0.39 is 0 Å². The number of hydrogen-bond donors (Lipinski definition) is 1. The van der Waals surface area contributed by atoms with Crippen molar-refractivity contribution in [3.8, 4) is 11.4 Å². The molecule has 5 heteroatoms. The molecule has 0 bridgehead atoms. The third-order valence-electron chi connectivity index (χ3n) is 3.27. The summed E-state index contributed by atoms with van der Waals surface area (Å²) in [4.78, 5) is 3.26. The van der Waals surface area contributed by atoms with Crippen LogP contribution in [0.3, 0.4) is 0 Å². The van der Waals surface area contributed by atoms with Crippen LogP contribution in [0.2, 0.25) is 0 Å². The van der Waals surface area contributed by atoms with Crippen molar-refractivity contribution in [3.63, 3.8) is 0 Å². The molecule has 0 atom stereocenters. The van der Waals surface area contributed by atoms with Crippen molar-refractivity contribution in [2.45, 2.75) is 13.8 Å². The number of H-pyrrole nitrogens is 1. The molecule has 108 valence electrons. The molecule has 0 fully saturated rings. The molecule has 1 aromatic heterocycles. The molecule has 0 amide bonds. The predicted octanol–water partition coefficient (Wildman–Crippen LogP) is 5.16. The van der Waals surface area contributed by atoms with Gasteiger partial charge in [-0.25, -0.2) is 0 Å². The quantitative estimate of drug-likeness (QED) is 0.652. The highest BCUT2D eigenvalue weighted by Gasteiger charge is 2.11. The molecule has 2 aromatic carbocycles. The highest BCUT2D eigenvalue weighted by Crippen LogP contribution is 2.28. The highest BCUT2D eigenvalue weighted by molar-refractivity contribution is 9.10. The molecule has 3 nitrogen and oxygen atoms in total. The van der Waals surface area contributed by atoms with Crippen molar-refractivity contribution >= 4 is 39.2 Å². The summed E-state index contributed by atoms with van der Waals surface area (Å²) in [5.41, 5.74) is 4.16. The Balaban J connectivity index is 2.30. The van der Waals surface area contributed by atoms with Crippen LogP contribution in [0.4, 0.5) is 0 Å². The van der Waals surface area contributed by atoms with Crippen LogP contribution in [-0.4, -0.2) is 16.2 Å². The minimum absolute atomic E-state index is 0.626. The zero-order chi connectivity index (χ0) is 15.0. The summed E-state index contributed by atoms with van der Waals surface area (Å²) < 4.78 is 9.40. The summed E-state index contributed by atoms with van der Waals surface area (Å²) in [6, 6.07) is 12.2. The molecule has 0 aliphatic heterocycles. The summed E-state index contributed by atoms with van der Waals surface area (Å²) in [5, 5.41) is 0. The minimum Gasteiger partial charge on any atom is -0.492 e. The van der Waals surface area contributed by atoms with Crippen molar-refractivity contribution in [3.05, 3.63) is 51.2 Å². The number of para-hydroxylation sites is 1. The number of fused-ring (bicyclic) bond motifs is 1. The van der Waals surface area contributed by atoms with Crippen molar-refractivity contribution in [2.24, 2.45) is 0 Å². The Morgan fingerprint density at radius 2 is 2.10 bits per heavy atom. The molecule has 1 heterocycles. The summed E-state index contributed by atoms with van der Waals surface area (Å²) in [5.74, 6) is 0.826. The number of ether oxygens (including phenoxy) is 1. The van der Waals surface area contributed by atoms with Crippen LogP contribution in [0.5, 0.6) is 5.75 Å². The van der Waals surface area contributed by atoms with Crippen molar-refractivity contribution in [1.82, 2.24) is 9.55 Å². The Morgan fingerprint density at radius 3 is 2.81 bits per heavy atom. The van der Waals surface area contributed by atoms with E-state index >= 15 is 0 Å². The van der Waals surface area contributed by atoms with E-state index in [1.807, 2.05) is 29.7 Å². The summed E-state index contributed by atoms with van der Waals surface area (Å²) in [6.45, 7) is 4.67. The number of aryl methyl sites for hydroxylation is 1. The fourth-order valence-electron chi connectivity index (χ4n) is 2.48. The van der Waals surface area contributed by atoms with E-state index in [1.165, 1.54) is 5.56 Å². The zero-order valence-corrected chi connectivity index (χ0v) is 14.2. The Morgan fingerprint density at radius 1 is 1.29 bits per heavy atom. The van der Waals surface area contributed by atoms with Gasteiger partial charge in [0.15, 0.2) is 4.77 Å². The van der Waals surface area contributed by atoms with Crippen LogP contribution in [-0.2, 0) is 0 Å². The molecule has 0 aliphatic rings. The number of benzene rings is 2. The normalized spacial score (nSPS) is 11.0. The molecule has 0 unspecified atom stereocenters. The van der Waals surface area contributed by atoms with Gasteiger partial charge in [0.1, 0.15) is 11.3 Å². The van der Waals surface area contributed by atoms with Gasteiger partial charge in [-0.2, -0.15) is 0 Å². The van der Waals surface area contributed by atoms with Crippen molar-refractivity contribution < 1.29 is 4.74 Å². The van der Waals surface area contributed by atoms with Gasteiger partial charge in [-0.15, -0.1) is 0 Å². The molecule has 0 radical (unpaired) electrons. The van der Waals surface area contributed by atoms with Gasteiger partial charge in [-0.05, 0) is 62.0 Å². The number of hydrogen-bond acceptors (Lipinski definition) is 2. The van der Waals surface area contributed by atoms with Crippen LogP contribution in [0, 0.1) is 11.7 Å². The highest BCUT2D eigenvalue weighted by atomic mass is 79.9. The molecule has 0 aliphatic carbocycles. The van der Waals surface area contributed by atoms with E-state index in [0.29, 0.717) is 11.4 Å². The Kier molecular flexibility index (Phi) is 3.87. The van der Waals surface area contributed by atoms with Crippen LogP contribution in [0.15, 0.2) is 40.9 Å². The minimum atomic E-state index is 0.626. The number of rotatable bonds is 3. The predicted molar refractivity (Wildman–Crippen MR) is 92.1 cm³/mol. The summed E-state index contributed by atoms with van der Waals surface area (Å²) in [7, 11) is 0. The van der Waals surface area contributed by atoms with E-state index in [2.05, 4.69) is 46.0 Å². The maximum Gasteiger partial charge on any atom is 0.182 e. The maximum atomic E-state index is 5.67. The second kappa shape index (κ2) is 5.66. The SMILES string of the molecule is CCOc1cccc2c1[nH]c(=S)n2-c1cc(C)cc(Br)c1. The van der Waals surface area contributed by atoms with Gasteiger partial charge in [0.25, 0.3) is 0 Å². The lowest BCUT2D eigenvalue weighted by Gasteiger charge is -2.08. The third-order valence-corrected chi connectivity index (χ3v) is 4.01. The van der Waals surface area contributed by atoms with Crippen molar-refractivity contribution in [1.29, 1.82) is 0 Å². The van der Waals surface area contributed by atoms with E-state index in [0.717, 1.165) is 26.9 Å². The van der Waals surface area contributed by atoms with Crippen LogP contribution < -0.4 is 4.74 Å². The van der Waals surface area contributed by atoms with E-state index in [9.17, 15) is 0 Å². The average molecular weight is 363 g/mol. The number of halogens is 1. The zero-order valence-electron chi connectivity index (χ0n) is 11.8. The Hall–Kier alpha value is -1.59. The topological polar surface area (TPSA) is 29.9 Å². The fourth-order valence-corrected chi connectivity index (χ4v) is 3.38. The first kappa shape index (κ1) is 14.4. The Bertz CT molecular complexity index is 846. The summed E-state index contributed by atoms with van der Waals surface area (Å²) >= 11 is 9.05. The molecular formula is C16H15BrN2OS. The average Bonchev–Trinajstić information content (AvgIpc) is 2.75. The lowest BCUT2D eigenvalue weighted by Crippen LogP contribution is -1.95. The fraction of sp³-hybridized carbons (Fsp3) is 0.188. The largest absolute Gasteiger partial charge is 0.492 e.